The van der Waals surface area contributed by atoms with Crippen LogP contribution in [0.15, 0.2) is 41.7 Å². The third kappa shape index (κ3) is 7.79. The molecule has 1 atom stereocenters. The highest BCUT2D eigenvalue weighted by Gasteiger charge is 2.25. The van der Waals surface area contributed by atoms with Crippen LogP contribution in [-0.4, -0.2) is 51.7 Å². The molecule has 9 heteroatoms. The number of nitrogens with one attached hydrogen (secondary N) is 1. The van der Waals surface area contributed by atoms with Crippen molar-refractivity contribution in [2.45, 2.75) is 39.0 Å². The number of unbranched alkanes of at least 4 members (excludes halogenated alkanes) is 1. The molecule has 1 aliphatic heterocycles. The van der Waals surface area contributed by atoms with Crippen molar-refractivity contribution < 1.29 is 4.92 Å². The minimum absolute atomic E-state index is 0. The fourth-order valence-corrected chi connectivity index (χ4v) is 3.94. The first-order valence-electron chi connectivity index (χ1n) is 10.8. The highest BCUT2D eigenvalue weighted by molar-refractivity contribution is 14.0. The summed E-state index contributed by atoms with van der Waals surface area (Å²) >= 11 is 0. The second kappa shape index (κ2) is 12.6. The van der Waals surface area contributed by atoms with Crippen molar-refractivity contribution in [1.82, 2.24) is 20.0 Å². The zero-order valence-electron chi connectivity index (χ0n) is 18.4. The molecule has 1 aromatic heterocycles. The maximum absolute atomic E-state index is 10.7. The van der Waals surface area contributed by atoms with E-state index < -0.39 is 0 Å². The molecule has 2 heterocycles. The molecule has 0 saturated carbocycles. The van der Waals surface area contributed by atoms with Crippen LogP contribution in [-0.2, 0) is 19.9 Å². The van der Waals surface area contributed by atoms with E-state index in [1.54, 1.807) is 12.1 Å². The summed E-state index contributed by atoms with van der Waals surface area (Å²) in [5.74, 6) is 1.65. The van der Waals surface area contributed by atoms with Gasteiger partial charge in [0.1, 0.15) is 0 Å². The molecule has 1 saturated heterocycles. The maximum atomic E-state index is 10.7. The standard InChI is InChI=1S/C22H32N6O2.HI/c1-3-23-22(27-13-11-19(17-27)14-20-15-25-26(2)16-20)24-12-5-4-6-18-7-9-21(10-8-18)28(29)30;/h7-10,15-16,19H,3-6,11-14,17H2,1-2H3,(H,23,24);1H. The van der Waals surface area contributed by atoms with Crippen LogP contribution < -0.4 is 5.32 Å². The number of rotatable bonds is 9. The van der Waals surface area contributed by atoms with Crippen molar-refractivity contribution in [2.75, 3.05) is 26.2 Å². The molecular weight excluding hydrogens is 507 g/mol. The second-order valence-electron chi connectivity index (χ2n) is 7.94. The van der Waals surface area contributed by atoms with Crippen LogP contribution in [0.3, 0.4) is 0 Å². The van der Waals surface area contributed by atoms with Crippen molar-refractivity contribution in [2.24, 2.45) is 18.0 Å². The lowest BCUT2D eigenvalue weighted by molar-refractivity contribution is -0.384. The maximum Gasteiger partial charge on any atom is 0.269 e. The first-order chi connectivity index (χ1) is 14.5. The molecule has 1 N–H and O–H groups in total. The van der Waals surface area contributed by atoms with E-state index in [9.17, 15) is 10.1 Å². The summed E-state index contributed by atoms with van der Waals surface area (Å²) in [6, 6.07) is 6.84. The van der Waals surface area contributed by atoms with Gasteiger partial charge in [0.25, 0.3) is 5.69 Å². The average molecular weight is 540 g/mol. The Kier molecular flexibility index (Phi) is 10.2. The first-order valence-corrected chi connectivity index (χ1v) is 10.8. The van der Waals surface area contributed by atoms with Gasteiger partial charge in [-0.3, -0.25) is 19.8 Å². The highest BCUT2D eigenvalue weighted by Crippen LogP contribution is 2.21. The predicted octanol–water partition coefficient (Wildman–Crippen LogP) is 3.80. The Morgan fingerprint density at radius 1 is 1.29 bits per heavy atom. The van der Waals surface area contributed by atoms with Gasteiger partial charge in [-0.25, -0.2) is 0 Å². The minimum atomic E-state index is -0.361. The lowest BCUT2D eigenvalue weighted by Gasteiger charge is -2.21. The minimum Gasteiger partial charge on any atom is -0.357 e. The summed E-state index contributed by atoms with van der Waals surface area (Å²) in [7, 11) is 1.96. The Labute approximate surface area is 201 Å². The summed E-state index contributed by atoms with van der Waals surface area (Å²) in [4.78, 5) is 17.6. The molecule has 0 spiro atoms. The molecule has 0 radical (unpaired) electrons. The van der Waals surface area contributed by atoms with E-state index in [0.717, 1.165) is 63.4 Å². The molecule has 3 rings (SSSR count). The van der Waals surface area contributed by atoms with Crippen LogP contribution in [0.5, 0.6) is 0 Å². The quantitative estimate of drug-likeness (QED) is 0.131. The number of non-ortho nitro benzene ring substituents is 1. The van der Waals surface area contributed by atoms with Crippen molar-refractivity contribution >= 4 is 35.6 Å². The highest BCUT2D eigenvalue weighted by atomic mass is 127. The van der Waals surface area contributed by atoms with Crippen molar-refractivity contribution in [3.8, 4) is 0 Å². The van der Waals surface area contributed by atoms with Gasteiger partial charge in [-0.2, -0.15) is 5.10 Å². The smallest absolute Gasteiger partial charge is 0.269 e. The van der Waals surface area contributed by atoms with Gasteiger partial charge in [-0.1, -0.05) is 12.1 Å². The summed E-state index contributed by atoms with van der Waals surface area (Å²) in [5, 5.41) is 18.4. The molecule has 8 nitrogen and oxygen atoms in total. The van der Waals surface area contributed by atoms with E-state index >= 15 is 0 Å². The number of halogens is 1. The third-order valence-electron chi connectivity index (χ3n) is 5.49. The molecule has 1 fully saturated rings. The molecule has 1 aromatic carbocycles. The zero-order valence-corrected chi connectivity index (χ0v) is 20.7. The van der Waals surface area contributed by atoms with Crippen molar-refractivity contribution in [3.05, 3.63) is 57.9 Å². The van der Waals surface area contributed by atoms with E-state index in [0.29, 0.717) is 5.92 Å². The number of benzene rings is 1. The number of aromatic nitrogens is 2. The topological polar surface area (TPSA) is 88.6 Å². The number of nitro groups is 1. The SMILES string of the molecule is CCNC(=NCCCCc1ccc([N+](=O)[O-])cc1)N1CCC(Cc2cnn(C)c2)C1.I. The average Bonchev–Trinajstić information content (AvgIpc) is 3.36. The molecule has 1 unspecified atom stereocenters. The number of aryl methyl sites for hydroxylation is 2. The number of nitrogens with zero attached hydrogens (tertiary/aromatic N) is 5. The van der Waals surface area contributed by atoms with Crippen molar-refractivity contribution in [3.63, 3.8) is 0 Å². The van der Waals surface area contributed by atoms with E-state index in [1.165, 1.54) is 12.0 Å². The molecule has 1 aliphatic rings. The summed E-state index contributed by atoms with van der Waals surface area (Å²) in [6.45, 7) is 5.83. The number of likely N-dealkylation sites (tertiary alicyclic amines) is 1. The zero-order chi connectivity index (χ0) is 21.3. The van der Waals surface area contributed by atoms with E-state index in [-0.39, 0.29) is 34.6 Å². The molecule has 0 aliphatic carbocycles. The van der Waals surface area contributed by atoms with E-state index in [1.807, 2.05) is 30.1 Å². The lowest BCUT2D eigenvalue weighted by Crippen LogP contribution is -2.40. The molecule has 170 valence electrons. The Morgan fingerprint density at radius 3 is 2.71 bits per heavy atom. The first kappa shape index (κ1) is 25.1. The predicted molar refractivity (Wildman–Crippen MR) is 134 cm³/mol. The van der Waals surface area contributed by atoms with Gasteiger partial charge in [0.15, 0.2) is 5.96 Å². The van der Waals surface area contributed by atoms with E-state index in [4.69, 9.17) is 4.99 Å². The van der Waals surface area contributed by atoms with Crippen LogP contribution in [0.1, 0.15) is 37.3 Å². The molecule has 31 heavy (non-hydrogen) atoms. The summed E-state index contributed by atoms with van der Waals surface area (Å²) in [5.41, 5.74) is 2.58. The molecule has 2 aromatic rings. The summed E-state index contributed by atoms with van der Waals surface area (Å²) < 4.78 is 1.87. The van der Waals surface area contributed by atoms with Gasteiger partial charge in [0, 0.05) is 51.6 Å². The monoisotopic (exact) mass is 540 g/mol. The third-order valence-corrected chi connectivity index (χ3v) is 5.49. The Hall–Kier alpha value is -2.17. The fraction of sp³-hybridized carbons (Fsp3) is 0.545. The largest absolute Gasteiger partial charge is 0.357 e. The lowest BCUT2D eigenvalue weighted by atomic mass is 10.0. The Bertz CT molecular complexity index is 852. The van der Waals surface area contributed by atoms with Crippen LogP contribution in [0.25, 0.3) is 0 Å². The normalized spacial score (nSPS) is 16.3. The summed E-state index contributed by atoms with van der Waals surface area (Å²) in [6.07, 6.45) is 9.25. The molecule has 0 amide bonds. The Morgan fingerprint density at radius 2 is 2.06 bits per heavy atom. The van der Waals surface area contributed by atoms with Crippen LogP contribution in [0.4, 0.5) is 5.69 Å². The number of nitro benzene ring substituents is 1. The van der Waals surface area contributed by atoms with Gasteiger partial charge >= 0.3 is 0 Å². The number of hydrogen-bond acceptors (Lipinski definition) is 4. The number of hydrogen-bond donors (Lipinski definition) is 1. The number of guanidine groups is 1. The van der Waals surface area contributed by atoms with Gasteiger partial charge in [-0.15, -0.1) is 24.0 Å². The fourth-order valence-electron chi connectivity index (χ4n) is 3.94. The van der Waals surface area contributed by atoms with Gasteiger partial charge in [0.2, 0.25) is 0 Å². The van der Waals surface area contributed by atoms with Gasteiger partial charge in [-0.05, 0) is 56.1 Å². The van der Waals surface area contributed by atoms with Crippen molar-refractivity contribution in [1.29, 1.82) is 0 Å². The second-order valence-corrected chi connectivity index (χ2v) is 7.94. The van der Waals surface area contributed by atoms with Crippen LogP contribution >= 0.6 is 24.0 Å². The van der Waals surface area contributed by atoms with Crippen LogP contribution in [0, 0.1) is 16.0 Å². The van der Waals surface area contributed by atoms with Gasteiger partial charge in [0.05, 0.1) is 11.1 Å². The molecular formula is C22H33IN6O2. The van der Waals surface area contributed by atoms with E-state index in [2.05, 4.69) is 28.4 Å². The van der Waals surface area contributed by atoms with Gasteiger partial charge < -0.3 is 10.2 Å². The Balaban J connectivity index is 0.00000341. The number of aliphatic imine (C=N–C) groups is 1. The molecule has 0 bridgehead atoms. The van der Waals surface area contributed by atoms with Crippen LogP contribution in [0.2, 0.25) is 0 Å².